The first kappa shape index (κ1) is 76.0. The third-order valence-corrected chi connectivity index (χ3v) is 16.9. The molecule has 0 spiro atoms. The van der Waals surface area contributed by atoms with Crippen LogP contribution in [0.15, 0.2) is 24.3 Å². The average Bonchev–Trinajstić information content (AvgIpc) is 3.39. The quantitative estimate of drug-likeness (QED) is 0.0272. The Labute approximate surface area is 481 Å². The van der Waals surface area contributed by atoms with Crippen molar-refractivity contribution in [1.82, 2.24) is 5.32 Å². The average molecular weight is 1110 g/mol. The summed E-state index contributed by atoms with van der Waals surface area (Å²) in [6, 6.07) is -0.884. The number of aliphatic hydroxyl groups is 1. The number of hydrogen-bond donors (Lipinski definition) is 2. The summed E-state index contributed by atoms with van der Waals surface area (Å²) in [6.07, 6.45) is 77.4. The van der Waals surface area contributed by atoms with Crippen LogP contribution in [0.1, 0.15) is 354 Å². The monoisotopic (exact) mass is 1110 g/mol. The van der Waals surface area contributed by atoms with E-state index in [1.807, 2.05) is 27.2 Å². The number of nitrogens with zero attached hydrogens (tertiary/aromatic N) is 1. The van der Waals surface area contributed by atoms with Gasteiger partial charge in [-0.1, -0.05) is 327 Å². The molecule has 9 heteroatoms. The molecule has 2 N–H and O–H groups in total. The fourth-order valence-corrected chi connectivity index (χ4v) is 11.3. The Bertz CT molecular complexity index is 1300. The maximum Gasteiger partial charge on any atom is 0.268 e. The Hall–Kier alpha value is -1.02. The molecule has 0 radical (unpaired) electrons. The molecule has 0 fully saturated rings. The zero-order chi connectivity index (χ0) is 56.3. The van der Waals surface area contributed by atoms with Crippen LogP contribution in [0, 0.1) is 0 Å². The predicted octanol–water partition coefficient (Wildman–Crippen LogP) is 20.9. The summed E-state index contributed by atoms with van der Waals surface area (Å²) in [4.78, 5) is 25.5. The molecule has 0 aliphatic carbocycles. The van der Waals surface area contributed by atoms with Gasteiger partial charge in [0.25, 0.3) is 7.82 Å². The number of amides is 1. The van der Waals surface area contributed by atoms with Gasteiger partial charge in [0.1, 0.15) is 13.2 Å². The summed E-state index contributed by atoms with van der Waals surface area (Å²) in [5.74, 6) is -0.191. The van der Waals surface area contributed by atoms with E-state index in [2.05, 4.69) is 31.3 Å². The van der Waals surface area contributed by atoms with E-state index in [0.29, 0.717) is 17.4 Å². The number of hydrogen-bond acceptors (Lipinski definition) is 6. The van der Waals surface area contributed by atoms with E-state index in [4.69, 9.17) is 9.05 Å². The fourth-order valence-electron chi connectivity index (χ4n) is 10.6. The fraction of sp³-hybridized carbons (Fsp3) is 0.926. The summed E-state index contributed by atoms with van der Waals surface area (Å²) in [5, 5.41) is 13.9. The van der Waals surface area contributed by atoms with Crippen LogP contribution < -0.4 is 10.2 Å². The summed E-state index contributed by atoms with van der Waals surface area (Å²) in [5.41, 5.74) is 0. The van der Waals surface area contributed by atoms with Gasteiger partial charge in [0.05, 0.1) is 39.9 Å². The molecule has 3 unspecified atom stereocenters. The number of rotatable bonds is 64. The van der Waals surface area contributed by atoms with Crippen LogP contribution in [0.25, 0.3) is 0 Å². The van der Waals surface area contributed by atoms with Gasteiger partial charge >= 0.3 is 0 Å². The summed E-state index contributed by atoms with van der Waals surface area (Å²) >= 11 is 0. The molecule has 77 heavy (non-hydrogen) atoms. The second-order valence-corrected chi connectivity index (χ2v) is 26.3. The third-order valence-electron chi connectivity index (χ3n) is 15.9. The minimum atomic E-state index is -4.60. The van der Waals surface area contributed by atoms with Crippen LogP contribution in [0.5, 0.6) is 0 Å². The molecule has 0 saturated carbocycles. The van der Waals surface area contributed by atoms with Gasteiger partial charge in [0.15, 0.2) is 0 Å². The van der Waals surface area contributed by atoms with E-state index in [-0.39, 0.29) is 19.1 Å². The van der Waals surface area contributed by atoms with Crippen LogP contribution in [-0.4, -0.2) is 68.5 Å². The van der Waals surface area contributed by atoms with E-state index in [1.165, 1.54) is 295 Å². The first-order chi connectivity index (χ1) is 37.5. The number of carbonyl (C=O) groups excluding carboxylic acids is 1. The highest BCUT2D eigenvalue weighted by molar-refractivity contribution is 7.45. The van der Waals surface area contributed by atoms with Crippen LogP contribution in [0.4, 0.5) is 0 Å². The molecule has 1 amide bonds. The van der Waals surface area contributed by atoms with E-state index in [1.54, 1.807) is 6.08 Å². The van der Waals surface area contributed by atoms with Crippen LogP contribution in [0.2, 0.25) is 0 Å². The molecule has 0 rings (SSSR count). The summed E-state index contributed by atoms with van der Waals surface area (Å²) < 4.78 is 23.4. The van der Waals surface area contributed by atoms with Gasteiger partial charge in [-0.25, -0.2) is 0 Å². The lowest BCUT2D eigenvalue weighted by Crippen LogP contribution is -2.45. The van der Waals surface area contributed by atoms with Crippen molar-refractivity contribution >= 4 is 13.7 Å². The smallest absolute Gasteiger partial charge is 0.268 e. The zero-order valence-corrected chi connectivity index (χ0v) is 53.3. The van der Waals surface area contributed by atoms with E-state index >= 15 is 0 Å². The minimum absolute atomic E-state index is 0.00149. The van der Waals surface area contributed by atoms with Crippen molar-refractivity contribution in [3.63, 3.8) is 0 Å². The van der Waals surface area contributed by atoms with Crippen LogP contribution >= 0.6 is 7.82 Å². The Kier molecular flexibility index (Phi) is 58.8. The van der Waals surface area contributed by atoms with Gasteiger partial charge in [0.2, 0.25) is 5.91 Å². The first-order valence-corrected chi connectivity index (χ1v) is 35.7. The molecule has 0 aromatic carbocycles. The molecule has 0 heterocycles. The molecular formula is C68H135N2O6P. The number of likely N-dealkylation sites (N-methyl/N-ethyl adjacent to an activating group) is 1. The van der Waals surface area contributed by atoms with Crippen molar-refractivity contribution in [3.05, 3.63) is 24.3 Å². The number of quaternary nitrogens is 1. The molecule has 0 aromatic heterocycles. The molecular weight excluding hydrogens is 972 g/mol. The largest absolute Gasteiger partial charge is 0.756 e. The van der Waals surface area contributed by atoms with Gasteiger partial charge in [-0.15, -0.1) is 0 Å². The van der Waals surface area contributed by atoms with Crippen molar-refractivity contribution in [3.8, 4) is 0 Å². The Morgan fingerprint density at radius 1 is 0.442 bits per heavy atom. The zero-order valence-electron chi connectivity index (χ0n) is 52.4. The maximum atomic E-state index is 13.0. The highest BCUT2D eigenvalue weighted by Gasteiger charge is 2.23. The second-order valence-electron chi connectivity index (χ2n) is 24.9. The van der Waals surface area contributed by atoms with E-state index in [9.17, 15) is 19.4 Å². The number of phosphoric ester groups is 1. The first-order valence-electron chi connectivity index (χ1n) is 34.2. The second kappa shape index (κ2) is 59.6. The standard InChI is InChI=1S/C68H135N2O6P/c1-6-8-10-12-14-16-18-20-22-24-25-26-27-28-29-30-31-32-33-34-35-36-37-38-39-40-41-42-43-44-45-46-48-50-52-54-56-58-60-62-68(72)69-66(65-76-77(73,74)75-64-63-70(3,4)5)67(71)61-59-57-55-53-51-49-47-23-21-19-17-15-13-11-9-7-2/h34-35,59,61,66-67,71H,6-33,36-58,60,62-65H2,1-5H3,(H-,69,72,73,74)/b35-34-,61-59+. The normalized spacial score (nSPS) is 13.8. The van der Waals surface area contributed by atoms with Gasteiger partial charge in [-0.05, 0) is 44.9 Å². The lowest BCUT2D eigenvalue weighted by atomic mass is 10.0. The van der Waals surface area contributed by atoms with E-state index in [0.717, 1.165) is 38.5 Å². The maximum absolute atomic E-state index is 13.0. The van der Waals surface area contributed by atoms with Gasteiger partial charge in [0, 0.05) is 6.42 Å². The molecule has 8 nitrogen and oxygen atoms in total. The highest BCUT2D eigenvalue weighted by atomic mass is 31.2. The van der Waals surface area contributed by atoms with Gasteiger partial charge < -0.3 is 28.8 Å². The molecule has 0 aliphatic heterocycles. The topological polar surface area (TPSA) is 108 Å². The Morgan fingerprint density at radius 3 is 1.01 bits per heavy atom. The van der Waals surface area contributed by atoms with Crippen molar-refractivity contribution < 1.29 is 32.9 Å². The summed E-state index contributed by atoms with van der Waals surface area (Å²) in [6.45, 7) is 4.70. The highest BCUT2D eigenvalue weighted by Crippen LogP contribution is 2.38. The van der Waals surface area contributed by atoms with Crippen molar-refractivity contribution in [2.75, 3.05) is 40.9 Å². The Morgan fingerprint density at radius 2 is 0.714 bits per heavy atom. The number of allylic oxidation sites excluding steroid dienone is 3. The van der Waals surface area contributed by atoms with E-state index < -0.39 is 20.0 Å². The van der Waals surface area contributed by atoms with Gasteiger partial charge in [-0.2, -0.15) is 0 Å². The number of carbonyl (C=O) groups is 1. The molecule has 0 bridgehead atoms. The number of unbranched alkanes of at least 4 members (excludes halogenated alkanes) is 49. The molecule has 0 aliphatic rings. The van der Waals surface area contributed by atoms with Gasteiger partial charge in [-0.3, -0.25) is 9.36 Å². The lowest BCUT2D eigenvalue weighted by molar-refractivity contribution is -0.870. The van der Waals surface area contributed by atoms with Crippen LogP contribution in [0.3, 0.4) is 0 Å². The minimum Gasteiger partial charge on any atom is -0.756 e. The van der Waals surface area contributed by atoms with Crippen molar-refractivity contribution in [1.29, 1.82) is 0 Å². The lowest BCUT2D eigenvalue weighted by Gasteiger charge is -2.29. The predicted molar refractivity (Wildman–Crippen MR) is 335 cm³/mol. The number of aliphatic hydroxyl groups excluding tert-OH is 1. The number of phosphoric acid groups is 1. The third kappa shape index (κ3) is 62.4. The SMILES string of the molecule is CCCCCCCCCCCCCCCC/C=C/C(O)C(COP(=O)([O-])OCC[N+](C)(C)C)NC(=O)CCCCCCCCCCCCCCCCCCC/C=C\CCCCCCCCCCCCCCCCCCCC. The molecule has 458 valence electrons. The van der Waals surface area contributed by atoms with Crippen molar-refractivity contribution in [2.24, 2.45) is 0 Å². The van der Waals surface area contributed by atoms with Crippen LogP contribution in [-0.2, 0) is 18.4 Å². The molecule has 3 atom stereocenters. The molecule has 0 aromatic rings. The summed E-state index contributed by atoms with van der Waals surface area (Å²) in [7, 11) is 1.28. The Balaban J connectivity index is 3.89. The molecule has 0 saturated heterocycles. The van der Waals surface area contributed by atoms with Crippen molar-refractivity contribution in [2.45, 2.75) is 366 Å². The number of nitrogens with one attached hydrogen (secondary N) is 1.